The Balaban J connectivity index is 1.79. The number of hydrogen-bond donors (Lipinski definition) is 1. The molecule has 4 heteroatoms. The number of rotatable bonds is 3. The minimum absolute atomic E-state index is 0.0280. The van der Waals surface area contributed by atoms with Crippen LogP contribution in [0.3, 0.4) is 0 Å². The molecule has 0 atom stereocenters. The Kier molecular flexibility index (Phi) is 4.48. The number of carbonyl (C=O) groups is 2. The summed E-state index contributed by atoms with van der Waals surface area (Å²) in [6.45, 7) is 2.08. The molecule has 2 saturated carbocycles. The maximum absolute atomic E-state index is 12.3. The topological polar surface area (TPSA) is 55.4 Å². The zero-order valence-electron chi connectivity index (χ0n) is 12.0. The van der Waals surface area contributed by atoms with Gasteiger partial charge in [0.25, 0.3) is 0 Å². The Morgan fingerprint density at radius 2 is 1.68 bits per heavy atom. The Morgan fingerprint density at radius 1 is 1.11 bits per heavy atom. The van der Waals surface area contributed by atoms with Gasteiger partial charge in [-0.05, 0) is 38.5 Å². The maximum Gasteiger partial charge on any atom is 0.308 e. The van der Waals surface area contributed by atoms with E-state index in [2.05, 4.69) is 12.2 Å². The fourth-order valence-electron chi connectivity index (χ4n) is 3.38. The second-order valence-corrected chi connectivity index (χ2v) is 6.31. The molecule has 19 heavy (non-hydrogen) atoms. The molecule has 0 unspecified atom stereocenters. The molecule has 2 aliphatic carbocycles. The summed E-state index contributed by atoms with van der Waals surface area (Å²) in [5, 5.41) is 3.19. The van der Waals surface area contributed by atoms with E-state index in [0.717, 1.165) is 38.5 Å². The van der Waals surface area contributed by atoms with E-state index in [1.165, 1.54) is 20.0 Å². The number of carbonyl (C=O) groups excluding carboxylic acids is 2. The molecule has 0 bridgehead atoms. The van der Waals surface area contributed by atoms with Crippen LogP contribution in [0, 0.1) is 11.3 Å². The van der Waals surface area contributed by atoms with E-state index in [1.54, 1.807) is 0 Å². The average Bonchev–Trinajstić information content (AvgIpc) is 2.87. The first-order valence-electron chi connectivity index (χ1n) is 7.44. The van der Waals surface area contributed by atoms with Crippen LogP contribution in [0.15, 0.2) is 0 Å². The first-order chi connectivity index (χ1) is 9.05. The van der Waals surface area contributed by atoms with Crippen LogP contribution in [-0.4, -0.2) is 25.0 Å². The van der Waals surface area contributed by atoms with Gasteiger partial charge in [-0.3, -0.25) is 9.59 Å². The molecular formula is C15H25NO3. The van der Waals surface area contributed by atoms with Gasteiger partial charge in [0.15, 0.2) is 0 Å². The van der Waals surface area contributed by atoms with Gasteiger partial charge in [0, 0.05) is 11.5 Å². The van der Waals surface area contributed by atoms with Crippen LogP contribution >= 0.6 is 0 Å². The first kappa shape index (κ1) is 14.4. The predicted molar refractivity (Wildman–Crippen MR) is 72.5 cm³/mol. The van der Waals surface area contributed by atoms with Crippen molar-refractivity contribution in [2.75, 3.05) is 7.11 Å². The summed E-state index contributed by atoms with van der Waals surface area (Å²) in [4.78, 5) is 23.8. The first-order valence-corrected chi connectivity index (χ1v) is 7.44. The summed E-state index contributed by atoms with van der Waals surface area (Å²) in [6.07, 6.45) is 7.79. The molecule has 2 fully saturated rings. The van der Waals surface area contributed by atoms with Crippen LogP contribution in [0.25, 0.3) is 0 Å². The highest BCUT2D eigenvalue weighted by molar-refractivity contribution is 5.82. The minimum Gasteiger partial charge on any atom is -0.469 e. The summed E-state index contributed by atoms with van der Waals surface area (Å²) < 4.78 is 4.78. The largest absolute Gasteiger partial charge is 0.469 e. The zero-order valence-corrected chi connectivity index (χ0v) is 12.0. The molecule has 2 rings (SSSR count). The summed E-state index contributed by atoms with van der Waals surface area (Å²) in [6, 6.07) is 0.242. The van der Waals surface area contributed by atoms with Crippen LogP contribution < -0.4 is 5.32 Å². The van der Waals surface area contributed by atoms with E-state index in [-0.39, 0.29) is 29.3 Å². The zero-order chi connectivity index (χ0) is 13.9. The van der Waals surface area contributed by atoms with Crippen molar-refractivity contribution in [2.45, 2.75) is 64.3 Å². The highest BCUT2D eigenvalue weighted by Crippen LogP contribution is 2.38. The van der Waals surface area contributed by atoms with E-state index in [9.17, 15) is 9.59 Å². The van der Waals surface area contributed by atoms with Crippen molar-refractivity contribution in [3.05, 3.63) is 0 Å². The SMILES string of the molecule is COC(=O)C1CCC(NC(=O)C2(C)CCCC2)CC1. The lowest BCUT2D eigenvalue weighted by Crippen LogP contribution is -2.45. The fraction of sp³-hybridized carbons (Fsp3) is 0.867. The van der Waals surface area contributed by atoms with Gasteiger partial charge in [0.2, 0.25) is 5.91 Å². The third-order valence-corrected chi connectivity index (χ3v) is 4.85. The minimum atomic E-state index is -0.154. The molecule has 0 heterocycles. The Hall–Kier alpha value is -1.06. The fourth-order valence-corrected chi connectivity index (χ4v) is 3.38. The molecule has 2 aliphatic rings. The van der Waals surface area contributed by atoms with Crippen molar-refractivity contribution < 1.29 is 14.3 Å². The number of esters is 1. The summed E-state index contributed by atoms with van der Waals surface area (Å²) in [5.74, 6) is 0.138. The van der Waals surface area contributed by atoms with E-state index >= 15 is 0 Å². The van der Waals surface area contributed by atoms with E-state index in [0.29, 0.717) is 0 Å². The molecular weight excluding hydrogens is 242 g/mol. The highest BCUT2D eigenvalue weighted by Gasteiger charge is 2.37. The lowest BCUT2D eigenvalue weighted by atomic mass is 9.84. The van der Waals surface area contributed by atoms with Crippen LogP contribution in [0.2, 0.25) is 0 Å². The predicted octanol–water partition coefficient (Wildman–Crippen LogP) is 2.41. The molecule has 4 nitrogen and oxygen atoms in total. The van der Waals surface area contributed by atoms with Gasteiger partial charge in [-0.25, -0.2) is 0 Å². The van der Waals surface area contributed by atoms with Crippen molar-refractivity contribution in [1.82, 2.24) is 5.32 Å². The smallest absolute Gasteiger partial charge is 0.308 e. The van der Waals surface area contributed by atoms with Crippen LogP contribution in [0.1, 0.15) is 58.3 Å². The van der Waals surface area contributed by atoms with Gasteiger partial charge in [0.05, 0.1) is 13.0 Å². The lowest BCUT2D eigenvalue weighted by molar-refractivity contribution is -0.146. The molecule has 0 aromatic carbocycles. The monoisotopic (exact) mass is 267 g/mol. The molecule has 108 valence electrons. The van der Waals surface area contributed by atoms with Gasteiger partial charge in [0.1, 0.15) is 0 Å². The Bertz CT molecular complexity index is 339. The van der Waals surface area contributed by atoms with Gasteiger partial charge >= 0.3 is 5.97 Å². The molecule has 1 amide bonds. The van der Waals surface area contributed by atoms with E-state index < -0.39 is 0 Å². The third-order valence-electron chi connectivity index (χ3n) is 4.85. The van der Waals surface area contributed by atoms with Gasteiger partial charge in [-0.1, -0.05) is 19.8 Å². The summed E-state index contributed by atoms with van der Waals surface area (Å²) >= 11 is 0. The van der Waals surface area contributed by atoms with Crippen molar-refractivity contribution in [2.24, 2.45) is 11.3 Å². The standard InChI is InChI=1S/C15H25NO3/c1-15(9-3-4-10-15)14(18)16-12-7-5-11(6-8-12)13(17)19-2/h11-12H,3-10H2,1-2H3,(H,16,18). The van der Waals surface area contributed by atoms with Crippen LogP contribution in [-0.2, 0) is 14.3 Å². The number of amides is 1. The Labute approximate surface area is 115 Å². The van der Waals surface area contributed by atoms with Gasteiger partial charge in [-0.2, -0.15) is 0 Å². The number of nitrogens with one attached hydrogen (secondary N) is 1. The number of methoxy groups -OCH3 is 1. The molecule has 0 aromatic rings. The molecule has 0 aliphatic heterocycles. The third kappa shape index (κ3) is 3.28. The molecule has 0 radical (unpaired) electrons. The quantitative estimate of drug-likeness (QED) is 0.799. The van der Waals surface area contributed by atoms with Crippen molar-refractivity contribution in [3.8, 4) is 0 Å². The van der Waals surface area contributed by atoms with Crippen molar-refractivity contribution >= 4 is 11.9 Å². The van der Waals surface area contributed by atoms with Gasteiger partial charge in [-0.15, -0.1) is 0 Å². The second-order valence-electron chi connectivity index (χ2n) is 6.31. The molecule has 0 spiro atoms. The maximum atomic E-state index is 12.3. The molecule has 0 saturated heterocycles. The van der Waals surface area contributed by atoms with Crippen molar-refractivity contribution in [3.63, 3.8) is 0 Å². The summed E-state index contributed by atoms with van der Waals surface area (Å²) in [7, 11) is 1.44. The second kappa shape index (κ2) is 5.93. The van der Waals surface area contributed by atoms with Crippen LogP contribution in [0.5, 0.6) is 0 Å². The van der Waals surface area contributed by atoms with Gasteiger partial charge < -0.3 is 10.1 Å². The molecule has 1 N–H and O–H groups in total. The normalized spacial score (nSPS) is 29.8. The average molecular weight is 267 g/mol. The lowest BCUT2D eigenvalue weighted by Gasteiger charge is -2.31. The van der Waals surface area contributed by atoms with E-state index in [1.807, 2.05) is 0 Å². The molecule has 0 aromatic heterocycles. The van der Waals surface area contributed by atoms with Crippen LogP contribution in [0.4, 0.5) is 0 Å². The number of ether oxygens (including phenoxy) is 1. The van der Waals surface area contributed by atoms with Crippen molar-refractivity contribution in [1.29, 1.82) is 0 Å². The Morgan fingerprint density at radius 3 is 2.21 bits per heavy atom. The number of hydrogen-bond acceptors (Lipinski definition) is 3. The van der Waals surface area contributed by atoms with E-state index in [4.69, 9.17) is 4.74 Å². The summed E-state index contributed by atoms with van der Waals surface area (Å²) in [5.41, 5.74) is -0.154. The highest BCUT2D eigenvalue weighted by atomic mass is 16.5.